The number of carbonyl (C=O) groups is 1. The number of carbonyl (C=O) groups excluding carboxylic acids is 1. The lowest BCUT2D eigenvalue weighted by atomic mass is 9.97. The smallest absolute Gasteiger partial charge is 0.338 e. The van der Waals surface area contributed by atoms with Gasteiger partial charge in [0.15, 0.2) is 0 Å². The summed E-state index contributed by atoms with van der Waals surface area (Å²) < 4.78 is 12.4. The highest BCUT2D eigenvalue weighted by Crippen LogP contribution is 2.28. The van der Waals surface area contributed by atoms with Gasteiger partial charge < -0.3 is 9.47 Å². The third-order valence-electron chi connectivity index (χ3n) is 4.75. The van der Waals surface area contributed by atoms with Crippen molar-refractivity contribution >= 4 is 11.5 Å². The van der Waals surface area contributed by atoms with E-state index >= 15 is 0 Å². The van der Waals surface area contributed by atoms with Crippen LogP contribution in [0.1, 0.15) is 41.7 Å². The van der Waals surface area contributed by atoms with Crippen LogP contribution in [0.5, 0.6) is 0 Å². The minimum atomic E-state index is -0.314. The minimum absolute atomic E-state index is 0.314. The summed E-state index contributed by atoms with van der Waals surface area (Å²) in [7, 11) is 0. The Morgan fingerprint density at radius 2 is 2.15 bits per heavy atom. The maximum atomic E-state index is 12.0. The van der Waals surface area contributed by atoms with E-state index in [9.17, 15) is 4.79 Å². The van der Waals surface area contributed by atoms with E-state index in [1.165, 1.54) is 0 Å². The first-order valence-electron chi connectivity index (χ1n) is 8.95. The molecule has 6 nitrogen and oxygen atoms in total. The summed E-state index contributed by atoms with van der Waals surface area (Å²) in [5.41, 5.74) is 4.38. The first-order chi connectivity index (χ1) is 12.8. The maximum absolute atomic E-state index is 12.0. The van der Waals surface area contributed by atoms with Gasteiger partial charge in [0, 0.05) is 24.7 Å². The molecule has 0 aliphatic carbocycles. The first kappa shape index (κ1) is 16.7. The molecule has 1 aliphatic rings. The summed E-state index contributed by atoms with van der Waals surface area (Å²) in [4.78, 5) is 16.7. The van der Waals surface area contributed by atoms with Crippen molar-refractivity contribution in [3.8, 4) is 11.1 Å². The van der Waals surface area contributed by atoms with Crippen molar-refractivity contribution in [2.24, 2.45) is 0 Å². The zero-order valence-corrected chi connectivity index (χ0v) is 14.7. The van der Waals surface area contributed by atoms with Crippen molar-refractivity contribution in [2.75, 3.05) is 19.8 Å². The highest BCUT2D eigenvalue weighted by molar-refractivity contribution is 5.92. The normalized spacial score (nSPS) is 15.3. The number of nitrogens with zero attached hydrogens (tertiary/aromatic N) is 3. The van der Waals surface area contributed by atoms with Gasteiger partial charge in [-0.25, -0.2) is 9.31 Å². The van der Waals surface area contributed by atoms with Crippen LogP contribution < -0.4 is 0 Å². The fraction of sp³-hybridized carbons (Fsp3) is 0.350. The van der Waals surface area contributed by atoms with Crippen molar-refractivity contribution in [1.29, 1.82) is 0 Å². The number of aromatic nitrogens is 3. The fourth-order valence-electron chi connectivity index (χ4n) is 3.35. The molecule has 0 unspecified atom stereocenters. The zero-order chi connectivity index (χ0) is 17.9. The van der Waals surface area contributed by atoms with Gasteiger partial charge in [0.1, 0.15) is 0 Å². The molecule has 4 rings (SSSR count). The molecule has 0 spiro atoms. The quantitative estimate of drug-likeness (QED) is 0.674. The topological polar surface area (TPSA) is 65.7 Å². The van der Waals surface area contributed by atoms with Crippen molar-refractivity contribution < 1.29 is 14.3 Å². The van der Waals surface area contributed by atoms with Crippen molar-refractivity contribution in [2.45, 2.75) is 25.7 Å². The van der Waals surface area contributed by atoms with Crippen LogP contribution in [0.3, 0.4) is 0 Å². The molecule has 26 heavy (non-hydrogen) atoms. The fourth-order valence-corrected chi connectivity index (χ4v) is 3.35. The van der Waals surface area contributed by atoms with Gasteiger partial charge in [-0.3, -0.25) is 4.98 Å². The molecule has 0 atom stereocenters. The van der Waals surface area contributed by atoms with Gasteiger partial charge >= 0.3 is 5.97 Å². The van der Waals surface area contributed by atoms with Crippen LogP contribution in [0.4, 0.5) is 0 Å². The van der Waals surface area contributed by atoms with Gasteiger partial charge in [-0.15, -0.1) is 0 Å². The molecule has 0 radical (unpaired) electrons. The standard InChI is InChI=1S/C20H21N3O3/c1-2-26-20(24)16-5-3-4-15(10-16)17-11-22-23-13-18(21-12-19(17)23)14-6-8-25-9-7-14/h3-5,10-14H,2,6-9H2,1H3. The Bertz CT molecular complexity index is 929. The summed E-state index contributed by atoms with van der Waals surface area (Å²) in [6.45, 7) is 3.73. The van der Waals surface area contributed by atoms with Crippen LogP contribution in [0.2, 0.25) is 0 Å². The van der Waals surface area contributed by atoms with Crippen LogP contribution in [0, 0.1) is 0 Å². The van der Waals surface area contributed by atoms with E-state index in [2.05, 4.69) is 10.1 Å². The zero-order valence-electron chi connectivity index (χ0n) is 14.7. The third-order valence-corrected chi connectivity index (χ3v) is 4.75. The van der Waals surface area contributed by atoms with Crippen LogP contribution in [0.15, 0.2) is 42.9 Å². The minimum Gasteiger partial charge on any atom is -0.462 e. The molecule has 1 aromatic carbocycles. The molecular formula is C20H21N3O3. The number of hydrogen-bond donors (Lipinski definition) is 0. The molecular weight excluding hydrogens is 330 g/mol. The summed E-state index contributed by atoms with van der Waals surface area (Å²) in [6, 6.07) is 7.41. The molecule has 2 aromatic heterocycles. The summed E-state index contributed by atoms with van der Waals surface area (Å²) >= 11 is 0. The van der Waals surface area contributed by atoms with Crippen molar-refractivity contribution in [3.05, 3.63) is 54.1 Å². The van der Waals surface area contributed by atoms with Crippen LogP contribution in [-0.2, 0) is 9.47 Å². The molecule has 6 heteroatoms. The lowest BCUT2D eigenvalue weighted by Crippen LogP contribution is -2.15. The Morgan fingerprint density at radius 3 is 2.96 bits per heavy atom. The number of ether oxygens (including phenoxy) is 2. The summed E-state index contributed by atoms with van der Waals surface area (Å²) in [5.74, 6) is 0.110. The van der Waals surface area contributed by atoms with E-state index in [1.807, 2.05) is 41.3 Å². The number of esters is 1. The molecule has 3 aromatic rings. The Balaban J connectivity index is 1.67. The Morgan fingerprint density at radius 1 is 1.31 bits per heavy atom. The molecule has 0 N–H and O–H groups in total. The monoisotopic (exact) mass is 351 g/mol. The Labute approximate surface area is 151 Å². The van der Waals surface area contributed by atoms with E-state index in [-0.39, 0.29) is 5.97 Å². The second kappa shape index (κ2) is 7.25. The molecule has 0 amide bonds. The highest BCUT2D eigenvalue weighted by Gasteiger charge is 2.19. The third kappa shape index (κ3) is 3.20. The highest BCUT2D eigenvalue weighted by atomic mass is 16.5. The maximum Gasteiger partial charge on any atom is 0.338 e. The van der Waals surface area contributed by atoms with E-state index in [1.54, 1.807) is 13.0 Å². The van der Waals surface area contributed by atoms with E-state index in [0.29, 0.717) is 18.1 Å². The number of hydrogen-bond acceptors (Lipinski definition) is 5. The van der Waals surface area contributed by atoms with Gasteiger partial charge in [-0.05, 0) is 37.5 Å². The van der Waals surface area contributed by atoms with Crippen LogP contribution in [0.25, 0.3) is 16.6 Å². The van der Waals surface area contributed by atoms with Crippen molar-refractivity contribution in [3.63, 3.8) is 0 Å². The summed E-state index contributed by atoms with van der Waals surface area (Å²) in [5, 5.41) is 4.49. The second-order valence-corrected chi connectivity index (χ2v) is 6.39. The number of rotatable bonds is 4. The first-order valence-corrected chi connectivity index (χ1v) is 8.95. The van der Waals surface area contributed by atoms with E-state index < -0.39 is 0 Å². The van der Waals surface area contributed by atoms with Gasteiger partial charge in [0.05, 0.1) is 42.0 Å². The summed E-state index contributed by atoms with van der Waals surface area (Å²) in [6.07, 6.45) is 7.67. The lowest BCUT2D eigenvalue weighted by molar-refractivity contribution is 0.0526. The number of benzene rings is 1. The molecule has 134 valence electrons. The van der Waals surface area contributed by atoms with Gasteiger partial charge in [0.25, 0.3) is 0 Å². The molecule has 1 fully saturated rings. The van der Waals surface area contributed by atoms with Crippen molar-refractivity contribution in [1.82, 2.24) is 14.6 Å². The largest absolute Gasteiger partial charge is 0.462 e. The molecule has 3 heterocycles. The Kier molecular flexibility index (Phi) is 4.67. The number of fused-ring (bicyclic) bond motifs is 1. The SMILES string of the molecule is CCOC(=O)c1cccc(-c2cnn3cc(C4CCOCC4)ncc23)c1. The van der Waals surface area contributed by atoms with Gasteiger partial charge in [0.2, 0.25) is 0 Å². The molecule has 0 saturated carbocycles. The second-order valence-electron chi connectivity index (χ2n) is 6.39. The van der Waals surface area contributed by atoms with Gasteiger partial charge in [-0.1, -0.05) is 12.1 Å². The average molecular weight is 351 g/mol. The van der Waals surface area contributed by atoms with Gasteiger partial charge in [-0.2, -0.15) is 5.10 Å². The Hall–Kier alpha value is -2.73. The average Bonchev–Trinajstić information content (AvgIpc) is 3.12. The van der Waals surface area contributed by atoms with E-state index in [4.69, 9.17) is 9.47 Å². The predicted octanol–water partition coefficient (Wildman–Crippen LogP) is 3.47. The predicted molar refractivity (Wildman–Crippen MR) is 97.2 cm³/mol. The lowest BCUT2D eigenvalue weighted by Gasteiger charge is -2.21. The molecule has 0 bridgehead atoms. The van der Waals surface area contributed by atoms with E-state index in [0.717, 1.165) is 48.4 Å². The van der Waals surface area contributed by atoms with Crippen LogP contribution in [-0.4, -0.2) is 40.4 Å². The van der Waals surface area contributed by atoms with Crippen LogP contribution >= 0.6 is 0 Å². The molecule has 1 saturated heterocycles. The molecule has 1 aliphatic heterocycles.